The van der Waals surface area contributed by atoms with E-state index in [0.717, 1.165) is 22.4 Å². The largest absolute Gasteiger partial charge is 0.323 e. The number of sulfonamides is 1. The van der Waals surface area contributed by atoms with Crippen LogP contribution in [-0.2, 0) is 10.0 Å². The van der Waals surface area contributed by atoms with Crippen LogP contribution in [0.4, 0.5) is 21.9 Å². The van der Waals surface area contributed by atoms with Gasteiger partial charge in [-0.3, -0.25) is 4.31 Å². The fourth-order valence-corrected chi connectivity index (χ4v) is 6.54. The van der Waals surface area contributed by atoms with E-state index in [0.29, 0.717) is 17.1 Å². The van der Waals surface area contributed by atoms with Gasteiger partial charge in [-0.05, 0) is 86.9 Å². The van der Waals surface area contributed by atoms with Crippen LogP contribution >= 0.6 is 11.3 Å². The van der Waals surface area contributed by atoms with E-state index in [4.69, 9.17) is 0 Å². The van der Waals surface area contributed by atoms with Gasteiger partial charge in [0, 0.05) is 23.3 Å². The molecule has 1 aromatic heterocycles. The number of rotatable bonds is 9. The molecule has 0 saturated heterocycles. The molecule has 37 heavy (non-hydrogen) atoms. The molecular weight excluding hydrogens is 502 g/mol. The van der Waals surface area contributed by atoms with Crippen LogP contribution in [0.1, 0.15) is 39.0 Å². The number of hydrogen-bond acceptors (Lipinski definition) is 4. The SMILES string of the molecule is CC=CC=C(C)C(=C(C)CC)c1ccc(S(=O)(=O)N(C)c2ccc(NC(=O)Nc3ccccc3)cc2)s1. The molecule has 2 amide bonds. The summed E-state index contributed by atoms with van der Waals surface area (Å²) in [5.41, 5.74) is 5.10. The average molecular weight is 536 g/mol. The average Bonchev–Trinajstić information content (AvgIpc) is 3.38. The maximum Gasteiger partial charge on any atom is 0.323 e. The summed E-state index contributed by atoms with van der Waals surface area (Å²) in [5, 5.41) is 5.50. The third-order valence-electron chi connectivity index (χ3n) is 5.85. The van der Waals surface area contributed by atoms with Gasteiger partial charge in [0.2, 0.25) is 0 Å². The second-order valence-corrected chi connectivity index (χ2v) is 11.7. The van der Waals surface area contributed by atoms with Gasteiger partial charge in [0.05, 0.1) is 5.69 Å². The fraction of sp³-hybridized carbons (Fsp3) is 0.207. The van der Waals surface area contributed by atoms with Crippen molar-refractivity contribution in [3.63, 3.8) is 0 Å². The molecule has 1 heterocycles. The Morgan fingerprint density at radius 2 is 1.57 bits per heavy atom. The zero-order chi connectivity index (χ0) is 27.0. The Hall–Kier alpha value is -3.62. The standard InChI is InChI=1S/C29H33N3O3S2/c1-6-8-12-22(4)28(21(3)7-2)26-19-20-27(36-26)37(34,35)32(5)25-17-15-24(16-18-25)31-29(33)30-23-13-10-9-11-14-23/h6,8-20H,7H2,1-5H3,(H2,30,31,33). The molecule has 0 radical (unpaired) electrons. The van der Waals surface area contributed by atoms with Crippen LogP contribution in [0.15, 0.2) is 100 Å². The van der Waals surface area contributed by atoms with Crippen molar-refractivity contribution in [2.75, 3.05) is 22.0 Å². The van der Waals surface area contributed by atoms with Gasteiger partial charge in [-0.25, -0.2) is 13.2 Å². The molecule has 0 atom stereocenters. The first-order valence-corrected chi connectivity index (χ1v) is 14.2. The number of hydrogen-bond donors (Lipinski definition) is 2. The second kappa shape index (κ2) is 12.6. The van der Waals surface area contributed by atoms with Gasteiger partial charge in [-0.15, -0.1) is 11.3 Å². The van der Waals surface area contributed by atoms with Crippen molar-refractivity contribution in [3.8, 4) is 0 Å². The number of carbonyl (C=O) groups is 1. The highest BCUT2D eigenvalue weighted by Crippen LogP contribution is 2.36. The van der Waals surface area contributed by atoms with Crippen LogP contribution in [-0.4, -0.2) is 21.5 Å². The van der Waals surface area contributed by atoms with Gasteiger partial charge < -0.3 is 10.6 Å². The molecule has 2 N–H and O–H groups in total. The van der Waals surface area contributed by atoms with Crippen molar-refractivity contribution in [1.82, 2.24) is 0 Å². The van der Waals surface area contributed by atoms with Gasteiger partial charge in [0.15, 0.2) is 0 Å². The Morgan fingerprint density at radius 1 is 0.946 bits per heavy atom. The van der Waals surface area contributed by atoms with Crippen LogP contribution in [0, 0.1) is 0 Å². The van der Waals surface area contributed by atoms with E-state index in [1.165, 1.54) is 28.3 Å². The summed E-state index contributed by atoms with van der Waals surface area (Å²) in [7, 11) is -2.23. The Kier molecular flexibility index (Phi) is 9.49. The third-order valence-corrected chi connectivity index (χ3v) is 9.21. The number of allylic oxidation sites excluding steroid dienone is 6. The van der Waals surface area contributed by atoms with Gasteiger partial charge >= 0.3 is 6.03 Å². The van der Waals surface area contributed by atoms with Crippen LogP contribution in [0.2, 0.25) is 0 Å². The van der Waals surface area contributed by atoms with Gasteiger partial charge in [0.25, 0.3) is 10.0 Å². The minimum absolute atomic E-state index is 0.273. The van der Waals surface area contributed by atoms with Crippen molar-refractivity contribution in [1.29, 1.82) is 0 Å². The number of anilines is 3. The van der Waals surface area contributed by atoms with E-state index in [2.05, 4.69) is 24.5 Å². The molecule has 0 aliphatic carbocycles. The van der Waals surface area contributed by atoms with Crippen LogP contribution in [0.3, 0.4) is 0 Å². The lowest BCUT2D eigenvalue weighted by Gasteiger charge is -2.19. The first-order valence-electron chi connectivity index (χ1n) is 12.0. The monoisotopic (exact) mass is 535 g/mol. The number of benzene rings is 2. The van der Waals surface area contributed by atoms with Crippen LogP contribution in [0.5, 0.6) is 0 Å². The Morgan fingerprint density at radius 3 is 2.16 bits per heavy atom. The molecule has 2 aromatic carbocycles. The van der Waals surface area contributed by atoms with E-state index in [1.54, 1.807) is 42.5 Å². The van der Waals surface area contributed by atoms with Crippen LogP contribution in [0.25, 0.3) is 5.57 Å². The molecule has 0 fully saturated rings. The summed E-state index contributed by atoms with van der Waals surface area (Å²) in [6, 6.07) is 19.0. The molecule has 0 aliphatic heterocycles. The Bertz CT molecular complexity index is 1420. The molecule has 0 spiro atoms. The summed E-state index contributed by atoms with van der Waals surface area (Å²) in [4.78, 5) is 13.2. The molecule has 194 valence electrons. The summed E-state index contributed by atoms with van der Waals surface area (Å²) in [6.45, 7) is 8.19. The quantitative estimate of drug-likeness (QED) is 0.273. The number of amides is 2. The van der Waals surface area contributed by atoms with Crippen molar-refractivity contribution in [2.24, 2.45) is 0 Å². The van der Waals surface area contributed by atoms with Crippen molar-refractivity contribution >= 4 is 50.0 Å². The van der Waals surface area contributed by atoms with Crippen LogP contribution < -0.4 is 14.9 Å². The zero-order valence-electron chi connectivity index (χ0n) is 21.8. The van der Waals surface area contributed by atoms with Crippen molar-refractivity contribution < 1.29 is 13.2 Å². The second-order valence-electron chi connectivity index (χ2n) is 8.47. The molecule has 6 nitrogen and oxygen atoms in total. The van der Waals surface area contributed by atoms with E-state index >= 15 is 0 Å². The van der Waals surface area contributed by atoms with Crippen molar-refractivity contribution in [3.05, 3.63) is 101 Å². The lowest BCUT2D eigenvalue weighted by Crippen LogP contribution is -2.25. The summed E-state index contributed by atoms with van der Waals surface area (Å²) in [5.74, 6) is 0. The maximum absolute atomic E-state index is 13.4. The molecule has 0 saturated carbocycles. The van der Waals surface area contributed by atoms with E-state index in [-0.39, 0.29) is 10.2 Å². The highest BCUT2D eigenvalue weighted by molar-refractivity contribution is 7.94. The summed E-state index contributed by atoms with van der Waals surface area (Å²) in [6.07, 6.45) is 6.88. The number of nitrogens with zero attached hydrogens (tertiary/aromatic N) is 1. The molecule has 8 heteroatoms. The zero-order valence-corrected chi connectivity index (χ0v) is 23.4. The molecular formula is C29H33N3O3S2. The lowest BCUT2D eigenvalue weighted by molar-refractivity contribution is 0.262. The first-order chi connectivity index (χ1) is 17.7. The maximum atomic E-state index is 13.4. The topological polar surface area (TPSA) is 78.5 Å². The Labute approximate surface area is 224 Å². The smallest absolute Gasteiger partial charge is 0.308 e. The number of nitrogens with one attached hydrogen (secondary N) is 2. The molecule has 0 aliphatic rings. The lowest BCUT2D eigenvalue weighted by atomic mass is 9.98. The highest BCUT2D eigenvalue weighted by atomic mass is 32.2. The van der Waals surface area contributed by atoms with Gasteiger partial charge in [0.1, 0.15) is 4.21 Å². The first kappa shape index (κ1) is 28.0. The molecule has 0 unspecified atom stereocenters. The van der Waals surface area contributed by atoms with Gasteiger partial charge in [-0.1, -0.05) is 48.9 Å². The summed E-state index contributed by atoms with van der Waals surface area (Å²) >= 11 is 1.27. The number of para-hydroxylation sites is 1. The van der Waals surface area contributed by atoms with Gasteiger partial charge in [-0.2, -0.15) is 0 Å². The molecule has 0 bridgehead atoms. The predicted octanol–water partition coefficient (Wildman–Crippen LogP) is 7.92. The Balaban J connectivity index is 1.78. The fourth-order valence-electron chi connectivity index (χ4n) is 3.68. The summed E-state index contributed by atoms with van der Waals surface area (Å²) < 4.78 is 28.4. The normalized spacial score (nSPS) is 12.8. The van der Waals surface area contributed by atoms with E-state index in [1.807, 2.05) is 56.3 Å². The highest BCUT2D eigenvalue weighted by Gasteiger charge is 2.24. The minimum atomic E-state index is -3.76. The number of urea groups is 1. The van der Waals surface area contributed by atoms with E-state index in [9.17, 15) is 13.2 Å². The molecule has 3 aromatic rings. The predicted molar refractivity (Wildman–Crippen MR) is 157 cm³/mol. The number of carbonyl (C=O) groups excluding carboxylic acids is 1. The minimum Gasteiger partial charge on any atom is -0.308 e. The third kappa shape index (κ3) is 6.99. The molecule has 3 rings (SSSR count). The number of thiophene rings is 1. The van der Waals surface area contributed by atoms with E-state index < -0.39 is 10.0 Å². The van der Waals surface area contributed by atoms with Crippen molar-refractivity contribution in [2.45, 2.75) is 38.3 Å².